The van der Waals surface area contributed by atoms with Gasteiger partial charge in [-0.05, 0) is 72.3 Å². The van der Waals surface area contributed by atoms with E-state index in [1.54, 1.807) is 6.20 Å². The number of ether oxygens (including phenoxy) is 2. The number of carbonyl (C=O) groups excluding carboxylic acids is 1. The zero-order valence-corrected chi connectivity index (χ0v) is 14.3. The van der Waals surface area contributed by atoms with Crippen molar-refractivity contribution < 1.29 is 14.3 Å². The molecule has 5 nitrogen and oxygen atoms in total. The molecule has 0 aromatic carbocycles. The van der Waals surface area contributed by atoms with Crippen LogP contribution in [0, 0.1) is 11.8 Å². The predicted molar refractivity (Wildman–Crippen MR) is 85.3 cm³/mol. The Kier molecular flexibility index (Phi) is 4.80. The molecular formula is C16H21BrN2O3. The molecule has 2 fully saturated rings. The molecule has 3 unspecified atom stereocenters. The number of fused-ring (bicyclic) bond motifs is 1. The summed E-state index contributed by atoms with van der Waals surface area (Å²) in [6, 6.07) is 3.97. The van der Waals surface area contributed by atoms with Crippen molar-refractivity contribution in [3.8, 4) is 0 Å². The van der Waals surface area contributed by atoms with Gasteiger partial charge in [0.2, 0.25) is 0 Å². The molecule has 1 saturated carbocycles. The largest absolute Gasteiger partial charge is 0.467 e. The average Bonchev–Trinajstić information content (AvgIpc) is 3.00. The van der Waals surface area contributed by atoms with Crippen molar-refractivity contribution in [1.29, 1.82) is 0 Å². The van der Waals surface area contributed by atoms with E-state index in [0.29, 0.717) is 11.8 Å². The highest BCUT2D eigenvalue weighted by Gasteiger charge is 2.45. The summed E-state index contributed by atoms with van der Waals surface area (Å²) < 4.78 is 11.7. The number of methoxy groups -OCH3 is 1. The van der Waals surface area contributed by atoms with Crippen LogP contribution in [0.1, 0.15) is 25.0 Å². The molecule has 3 rings (SSSR count). The van der Waals surface area contributed by atoms with Gasteiger partial charge < -0.3 is 14.8 Å². The van der Waals surface area contributed by atoms with E-state index < -0.39 is 5.60 Å². The third-order valence-electron chi connectivity index (χ3n) is 4.88. The summed E-state index contributed by atoms with van der Waals surface area (Å²) in [7, 11) is 1.38. The van der Waals surface area contributed by atoms with Crippen LogP contribution < -0.4 is 5.32 Å². The minimum Gasteiger partial charge on any atom is -0.467 e. The highest BCUT2D eigenvalue weighted by molar-refractivity contribution is 9.10. The first kappa shape index (κ1) is 15.9. The Balaban J connectivity index is 1.84. The molecule has 0 radical (unpaired) electrons. The second-order valence-corrected chi connectivity index (χ2v) is 7.06. The van der Waals surface area contributed by atoms with Crippen LogP contribution in [0.4, 0.5) is 0 Å². The van der Waals surface area contributed by atoms with Crippen LogP contribution in [0.25, 0.3) is 0 Å². The molecule has 1 aliphatic carbocycles. The fourth-order valence-electron chi connectivity index (χ4n) is 3.65. The van der Waals surface area contributed by atoms with Gasteiger partial charge in [0.15, 0.2) is 0 Å². The van der Waals surface area contributed by atoms with Gasteiger partial charge in [0.05, 0.1) is 12.8 Å². The standard InChI is InChI=1S/C16H21BrN2O3/c1-21-15(20)10-22-16(14-3-2-13(17)9-19-14)5-4-11-7-18-8-12(11)6-16/h2-3,9,11-12,18H,4-8,10H2,1H3. The highest BCUT2D eigenvalue weighted by Crippen LogP contribution is 2.46. The van der Waals surface area contributed by atoms with Crippen molar-refractivity contribution in [2.45, 2.75) is 24.9 Å². The molecule has 1 N–H and O–H groups in total. The molecule has 2 aliphatic rings. The Morgan fingerprint density at radius 1 is 1.45 bits per heavy atom. The molecule has 120 valence electrons. The molecule has 6 heteroatoms. The van der Waals surface area contributed by atoms with Crippen LogP contribution in [-0.4, -0.2) is 37.8 Å². The average molecular weight is 369 g/mol. The maximum Gasteiger partial charge on any atom is 0.331 e. The number of rotatable bonds is 4. The van der Waals surface area contributed by atoms with Gasteiger partial charge in [0.25, 0.3) is 0 Å². The number of nitrogens with zero attached hydrogens (tertiary/aromatic N) is 1. The Hall–Kier alpha value is -0.980. The third kappa shape index (κ3) is 3.19. The molecule has 1 aromatic heterocycles. The molecule has 22 heavy (non-hydrogen) atoms. The number of carbonyl (C=O) groups is 1. The number of esters is 1. The Bertz CT molecular complexity index is 537. The fourth-order valence-corrected chi connectivity index (χ4v) is 3.88. The molecule has 1 saturated heterocycles. The van der Waals surface area contributed by atoms with Crippen LogP contribution in [-0.2, 0) is 19.9 Å². The Morgan fingerprint density at radius 3 is 3.00 bits per heavy atom. The van der Waals surface area contributed by atoms with Crippen molar-refractivity contribution in [2.24, 2.45) is 11.8 Å². The molecule has 1 aliphatic heterocycles. The molecule has 3 atom stereocenters. The van der Waals surface area contributed by atoms with E-state index in [2.05, 4.69) is 26.2 Å². The topological polar surface area (TPSA) is 60.5 Å². The van der Waals surface area contributed by atoms with Crippen LogP contribution in [0.3, 0.4) is 0 Å². The quantitative estimate of drug-likeness (QED) is 0.825. The first-order valence-electron chi connectivity index (χ1n) is 7.66. The first-order chi connectivity index (χ1) is 10.6. The summed E-state index contributed by atoms with van der Waals surface area (Å²) in [5, 5.41) is 3.46. The van der Waals surface area contributed by atoms with E-state index >= 15 is 0 Å². The number of pyridine rings is 1. The van der Waals surface area contributed by atoms with E-state index in [1.807, 2.05) is 12.1 Å². The lowest BCUT2D eigenvalue weighted by Crippen LogP contribution is -2.41. The molecule has 0 spiro atoms. The van der Waals surface area contributed by atoms with E-state index in [4.69, 9.17) is 9.47 Å². The maximum absolute atomic E-state index is 11.5. The van der Waals surface area contributed by atoms with E-state index in [9.17, 15) is 4.79 Å². The van der Waals surface area contributed by atoms with Crippen molar-refractivity contribution >= 4 is 21.9 Å². The van der Waals surface area contributed by atoms with Gasteiger partial charge in [-0.2, -0.15) is 0 Å². The van der Waals surface area contributed by atoms with Crippen molar-refractivity contribution in [3.63, 3.8) is 0 Å². The number of nitrogens with one attached hydrogen (secondary N) is 1. The van der Waals surface area contributed by atoms with Gasteiger partial charge in [-0.25, -0.2) is 4.79 Å². The van der Waals surface area contributed by atoms with Crippen molar-refractivity contribution in [2.75, 3.05) is 26.8 Å². The lowest BCUT2D eigenvalue weighted by atomic mass is 9.71. The van der Waals surface area contributed by atoms with Gasteiger partial charge in [-0.3, -0.25) is 4.98 Å². The second-order valence-electron chi connectivity index (χ2n) is 6.14. The smallest absolute Gasteiger partial charge is 0.331 e. The third-order valence-corrected chi connectivity index (χ3v) is 5.35. The summed E-state index contributed by atoms with van der Waals surface area (Å²) in [5.74, 6) is 0.949. The normalized spacial score (nSPS) is 30.8. The summed E-state index contributed by atoms with van der Waals surface area (Å²) >= 11 is 3.42. The highest BCUT2D eigenvalue weighted by atomic mass is 79.9. The number of halogens is 1. The molecule has 1 aromatic rings. The summed E-state index contributed by atoms with van der Waals surface area (Å²) in [6.45, 7) is 2.08. The molecule has 0 amide bonds. The predicted octanol–water partition coefficient (Wildman–Crippen LogP) is 2.25. The zero-order valence-electron chi connectivity index (χ0n) is 12.7. The van der Waals surface area contributed by atoms with Crippen molar-refractivity contribution in [1.82, 2.24) is 10.3 Å². The van der Waals surface area contributed by atoms with Gasteiger partial charge in [0, 0.05) is 10.7 Å². The second kappa shape index (κ2) is 6.64. The maximum atomic E-state index is 11.5. The van der Waals surface area contributed by atoms with E-state index in [0.717, 1.165) is 42.5 Å². The van der Waals surface area contributed by atoms with Gasteiger partial charge in [-0.1, -0.05) is 0 Å². The van der Waals surface area contributed by atoms with Crippen molar-refractivity contribution in [3.05, 3.63) is 28.5 Å². The molecule has 2 heterocycles. The number of hydrogen-bond acceptors (Lipinski definition) is 5. The van der Waals surface area contributed by atoms with Gasteiger partial charge in [0.1, 0.15) is 12.2 Å². The Labute approximate surface area is 138 Å². The minimum atomic E-state index is -0.484. The Morgan fingerprint density at radius 2 is 2.27 bits per heavy atom. The monoisotopic (exact) mass is 368 g/mol. The zero-order chi connectivity index (χ0) is 15.6. The lowest BCUT2D eigenvalue weighted by Gasteiger charge is -2.41. The minimum absolute atomic E-state index is 0.0287. The first-order valence-corrected chi connectivity index (χ1v) is 8.46. The van der Waals surface area contributed by atoms with E-state index in [1.165, 1.54) is 7.11 Å². The summed E-state index contributed by atoms with van der Waals surface area (Å²) in [4.78, 5) is 16.1. The van der Waals surface area contributed by atoms with E-state index in [-0.39, 0.29) is 12.6 Å². The van der Waals surface area contributed by atoms with Crippen LogP contribution in [0.15, 0.2) is 22.8 Å². The summed E-state index contributed by atoms with van der Waals surface area (Å²) in [5.41, 5.74) is 0.423. The molecule has 0 bridgehead atoms. The number of aromatic nitrogens is 1. The number of hydrogen-bond donors (Lipinski definition) is 1. The van der Waals surface area contributed by atoms with Crippen LogP contribution in [0.2, 0.25) is 0 Å². The summed E-state index contributed by atoms with van der Waals surface area (Å²) in [6.07, 6.45) is 4.67. The van der Waals surface area contributed by atoms with Gasteiger partial charge >= 0.3 is 5.97 Å². The SMILES string of the molecule is COC(=O)COC1(c2ccc(Br)cn2)CCC2CNCC2C1. The molecular weight excluding hydrogens is 348 g/mol. The van der Waals surface area contributed by atoms with Crippen LogP contribution in [0.5, 0.6) is 0 Å². The fraction of sp³-hybridized carbons (Fsp3) is 0.625. The van der Waals surface area contributed by atoms with Crippen LogP contribution >= 0.6 is 15.9 Å². The van der Waals surface area contributed by atoms with Gasteiger partial charge in [-0.15, -0.1) is 0 Å². The lowest BCUT2D eigenvalue weighted by molar-refractivity contribution is -0.159.